The van der Waals surface area contributed by atoms with Gasteiger partial charge in [0, 0.05) is 30.7 Å². The molecule has 4 rings (SSSR count). The largest absolute Gasteiger partial charge is 0.369 e. The van der Waals surface area contributed by atoms with Crippen molar-refractivity contribution >= 4 is 26.8 Å². The summed E-state index contributed by atoms with van der Waals surface area (Å²) in [6.45, 7) is 2.44. The van der Waals surface area contributed by atoms with Crippen LogP contribution in [0.25, 0.3) is 16.8 Å². The molecule has 0 aliphatic carbocycles. The zero-order valence-electron chi connectivity index (χ0n) is 15.6. The molecule has 1 aromatic carbocycles. The average molecular weight is 413 g/mol. The Morgan fingerprint density at radius 3 is 2.83 bits per heavy atom. The van der Waals surface area contributed by atoms with Crippen LogP contribution in [0.15, 0.2) is 53.4 Å². The molecule has 0 saturated heterocycles. The summed E-state index contributed by atoms with van der Waals surface area (Å²) in [6, 6.07) is 10.8. The maximum atomic E-state index is 12.3. The van der Waals surface area contributed by atoms with Crippen molar-refractivity contribution < 1.29 is 12.9 Å². The monoisotopic (exact) mass is 413 g/mol. The minimum atomic E-state index is -3.56. The van der Waals surface area contributed by atoms with E-state index in [1.165, 1.54) is 6.33 Å². The number of aromatic nitrogens is 5. The lowest BCUT2D eigenvalue weighted by Gasteiger charge is -2.08. The average Bonchev–Trinajstić information content (AvgIpc) is 3.32. The van der Waals surface area contributed by atoms with E-state index in [1.807, 2.05) is 31.3 Å². The second kappa shape index (κ2) is 7.97. The molecule has 0 atom stereocenters. The van der Waals surface area contributed by atoms with Gasteiger partial charge in [-0.2, -0.15) is 5.10 Å². The zero-order chi connectivity index (χ0) is 20.3. The SMILES string of the molecule is Cc1ccn(-c2cc(NCCNS(=O)(=O)Cc3noc4ccccc34)ncn2)n1. The summed E-state index contributed by atoms with van der Waals surface area (Å²) in [7, 11) is -3.56. The smallest absolute Gasteiger partial charge is 0.217 e. The number of hydrogen-bond acceptors (Lipinski definition) is 8. The van der Waals surface area contributed by atoms with Gasteiger partial charge in [0.2, 0.25) is 10.0 Å². The lowest BCUT2D eigenvalue weighted by atomic mass is 10.2. The van der Waals surface area contributed by atoms with E-state index in [0.717, 1.165) is 5.69 Å². The molecule has 29 heavy (non-hydrogen) atoms. The molecule has 0 spiro atoms. The molecule has 0 saturated carbocycles. The Hall–Kier alpha value is -3.31. The second-order valence-electron chi connectivity index (χ2n) is 6.37. The Labute approximate surface area is 167 Å². The standard InChI is InChI=1S/C18H19N7O3S/c1-13-6-9-25(23-13)18-10-17(20-12-21-18)19-7-8-22-29(26,27)11-15-14-4-2-3-5-16(14)28-24-15/h2-6,9-10,12,22H,7-8,11H2,1H3,(H,19,20,21). The van der Waals surface area contributed by atoms with Gasteiger partial charge in [0.25, 0.3) is 0 Å². The van der Waals surface area contributed by atoms with Crippen LogP contribution in [0.5, 0.6) is 0 Å². The van der Waals surface area contributed by atoms with Crippen molar-refractivity contribution in [2.45, 2.75) is 12.7 Å². The topological polar surface area (TPSA) is 128 Å². The molecule has 0 fully saturated rings. The number of hydrogen-bond donors (Lipinski definition) is 2. The number of para-hydroxylation sites is 1. The Morgan fingerprint density at radius 2 is 2.00 bits per heavy atom. The van der Waals surface area contributed by atoms with Gasteiger partial charge in [-0.25, -0.2) is 27.8 Å². The van der Waals surface area contributed by atoms with Crippen LogP contribution >= 0.6 is 0 Å². The van der Waals surface area contributed by atoms with Crippen LogP contribution in [0, 0.1) is 6.92 Å². The molecular formula is C18H19N7O3S. The van der Waals surface area contributed by atoms with Crippen LogP contribution in [0.3, 0.4) is 0 Å². The summed E-state index contributed by atoms with van der Waals surface area (Å²) in [5, 5.41) is 11.9. The van der Waals surface area contributed by atoms with Crippen molar-refractivity contribution in [2.75, 3.05) is 18.4 Å². The predicted molar refractivity (Wildman–Crippen MR) is 107 cm³/mol. The van der Waals surface area contributed by atoms with E-state index in [2.05, 4.69) is 30.3 Å². The summed E-state index contributed by atoms with van der Waals surface area (Å²) >= 11 is 0. The third kappa shape index (κ3) is 4.58. The molecule has 0 radical (unpaired) electrons. The van der Waals surface area contributed by atoms with E-state index in [9.17, 15) is 8.42 Å². The van der Waals surface area contributed by atoms with E-state index < -0.39 is 10.0 Å². The van der Waals surface area contributed by atoms with Gasteiger partial charge in [-0.1, -0.05) is 17.3 Å². The highest BCUT2D eigenvalue weighted by Gasteiger charge is 2.17. The lowest BCUT2D eigenvalue weighted by Crippen LogP contribution is -2.30. The molecule has 3 heterocycles. The molecule has 3 aromatic heterocycles. The Kier molecular flexibility index (Phi) is 5.23. The van der Waals surface area contributed by atoms with Gasteiger partial charge >= 0.3 is 0 Å². The van der Waals surface area contributed by atoms with Crippen LogP contribution in [-0.4, -0.2) is 46.4 Å². The molecule has 11 heteroatoms. The highest BCUT2D eigenvalue weighted by Crippen LogP contribution is 2.19. The summed E-state index contributed by atoms with van der Waals surface area (Å²) in [6.07, 6.45) is 3.23. The van der Waals surface area contributed by atoms with Gasteiger partial charge in [0.1, 0.15) is 23.6 Å². The normalized spacial score (nSPS) is 11.8. The number of aryl methyl sites for hydroxylation is 1. The number of fused-ring (bicyclic) bond motifs is 1. The Morgan fingerprint density at radius 1 is 1.14 bits per heavy atom. The van der Waals surface area contributed by atoms with E-state index in [4.69, 9.17) is 4.52 Å². The molecule has 10 nitrogen and oxygen atoms in total. The van der Waals surface area contributed by atoms with Crippen molar-refractivity contribution in [1.29, 1.82) is 0 Å². The third-order valence-electron chi connectivity index (χ3n) is 4.14. The maximum absolute atomic E-state index is 12.3. The van der Waals surface area contributed by atoms with Crippen molar-refractivity contribution in [3.05, 3.63) is 60.3 Å². The van der Waals surface area contributed by atoms with Crippen LogP contribution in [0.4, 0.5) is 5.82 Å². The number of sulfonamides is 1. The van der Waals surface area contributed by atoms with E-state index in [1.54, 1.807) is 22.9 Å². The van der Waals surface area contributed by atoms with E-state index in [0.29, 0.717) is 34.8 Å². The summed E-state index contributed by atoms with van der Waals surface area (Å²) in [5.41, 5.74) is 1.83. The lowest BCUT2D eigenvalue weighted by molar-refractivity contribution is 0.448. The van der Waals surface area contributed by atoms with Gasteiger partial charge in [-0.3, -0.25) is 0 Å². The third-order valence-corrected chi connectivity index (χ3v) is 5.44. The predicted octanol–water partition coefficient (Wildman–Crippen LogP) is 1.64. The first-order valence-electron chi connectivity index (χ1n) is 8.89. The number of benzene rings is 1. The van der Waals surface area contributed by atoms with Crippen molar-refractivity contribution in [3.8, 4) is 5.82 Å². The van der Waals surface area contributed by atoms with Gasteiger partial charge in [0.15, 0.2) is 11.4 Å². The summed E-state index contributed by atoms with van der Waals surface area (Å²) < 4.78 is 34.0. The molecule has 0 bridgehead atoms. The number of nitrogens with zero attached hydrogens (tertiary/aromatic N) is 5. The minimum absolute atomic E-state index is 0.193. The molecule has 4 aromatic rings. The van der Waals surface area contributed by atoms with Crippen molar-refractivity contribution in [1.82, 2.24) is 29.6 Å². The molecule has 2 N–H and O–H groups in total. The van der Waals surface area contributed by atoms with Crippen LogP contribution in [-0.2, 0) is 15.8 Å². The summed E-state index contributed by atoms with van der Waals surface area (Å²) in [5.74, 6) is 0.944. The van der Waals surface area contributed by atoms with Crippen molar-refractivity contribution in [3.63, 3.8) is 0 Å². The second-order valence-corrected chi connectivity index (χ2v) is 8.18. The number of anilines is 1. The number of rotatable bonds is 8. The van der Waals surface area contributed by atoms with Gasteiger partial charge in [-0.05, 0) is 25.1 Å². The fraction of sp³-hybridized carbons (Fsp3) is 0.222. The number of nitrogens with one attached hydrogen (secondary N) is 2. The minimum Gasteiger partial charge on any atom is -0.369 e. The first-order chi connectivity index (χ1) is 14.0. The fourth-order valence-electron chi connectivity index (χ4n) is 2.78. The van der Waals surface area contributed by atoms with E-state index in [-0.39, 0.29) is 12.3 Å². The molecule has 0 amide bonds. The molecule has 0 aliphatic heterocycles. The van der Waals surface area contributed by atoms with Gasteiger partial charge < -0.3 is 9.84 Å². The molecule has 0 aliphatic rings. The zero-order valence-corrected chi connectivity index (χ0v) is 16.4. The Bertz CT molecular complexity index is 1230. The van der Waals surface area contributed by atoms with Crippen LogP contribution < -0.4 is 10.0 Å². The first kappa shape index (κ1) is 19.0. The van der Waals surface area contributed by atoms with Gasteiger partial charge in [-0.15, -0.1) is 0 Å². The molecule has 0 unspecified atom stereocenters. The molecular weight excluding hydrogens is 394 g/mol. The summed E-state index contributed by atoms with van der Waals surface area (Å²) in [4.78, 5) is 8.32. The van der Waals surface area contributed by atoms with E-state index >= 15 is 0 Å². The highest BCUT2D eigenvalue weighted by molar-refractivity contribution is 7.88. The Balaban J connectivity index is 1.32. The van der Waals surface area contributed by atoms with Crippen LogP contribution in [0.2, 0.25) is 0 Å². The van der Waals surface area contributed by atoms with Crippen LogP contribution in [0.1, 0.15) is 11.4 Å². The van der Waals surface area contributed by atoms with Crippen molar-refractivity contribution in [2.24, 2.45) is 0 Å². The maximum Gasteiger partial charge on any atom is 0.217 e. The molecule has 150 valence electrons. The highest BCUT2D eigenvalue weighted by atomic mass is 32.2. The first-order valence-corrected chi connectivity index (χ1v) is 10.5. The quantitative estimate of drug-likeness (QED) is 0.417. The fourth-order valence-corrected chi connectivity index (χ4v) is 3.87. The van der Waals surface area contributed by atoms with Gasteiger partial charge in [0.05, 0.1) is 5.69 Å².